The Kier molecular flexibility index (Phi) is 3.79. The smallest absolute Gasteiger partial charge is 0.257 e. The van der Waals surface area contributed by atoms with E-state index in [1.165, 1.54) is 12.4 Å². The van der Waals surface area contributed by atoms with Crippen molar-refractivity contribution in [3.63, 3.8) is 0 Å². The Morgan fingerprint density at radius 3 is 2.61 bits per heavy atom. The molecule has 92 valence electrons. The van der Waals surface area contributed by atoms with Crippen LogP contribution in [-0.4, -0.2) is 18.0 Å². The van der Waals surface area contributed by atoms with E-state index in [9.17, 15) is 4.79 Å². The fourth-order valence-electron chi connectivity index (χ4n) is 1.43. The lowest BCUT2D eigenvalue weighted by atomic mass is 10.2. The predicted octanol–water partition coefficient (Wildman–Crippen LogP) is 3.00. The molecule has 2 rings (SSSR count). The molecule has 0 atom stereocenters. The summed E-state index contributed by atoms with van der Waals surface area (Å²) in [5.74, 6) is 0.461. The lowest BCUT2D eigenvalue weighted by Crippen LogP contribution is -2.12. The summed E-state index contributed by atoms with van der Waals surface area (Å²) in [6.45, 7) is 0. The van der Waals surface area contributed by atoms with E-state index in [0.29, 0.717) is 16.3 Å². The predicted molar refractivity (Wildman–Crippen MR) is 70.2 cm³/mol. The summed E-state index contributed by atoms with van der Waals surface area (Å²) in [7, 11) is 1.59. The van der Waals surface area contributed by atoms with Crippen molar-refractivity contribution in [2.45, 2.75) is 0 Å². The molecule has 0 aliphatic carbocycles. The van der Waals surface area contributed by atoms with Crippen LogP contribution in [0.2, 0.25) is 5.02 Å². The van der Waals surface area contributed by atoms with Gasteiger partial charge in [-0.15, -0.1) is 0 Å². The second-order valence-corrected chi connectivity index (χ2v) is 3.95. The quantitative estimate of drug-likeness (QED) is 0.925. The van der Waals surface area contributed by atoms with Gasteiger partial charge in [0.1, 0.15) is 5.75 Å². The van der Waals surface area contributed by atoms with Gasteiger partial charge in [0.05, 0.1) is 17.7 Å². The van der Waals surface area contributed by atoms with Gasteiger partial charge < -0.3 is 10.1 Å². The van der Waals surface area contributed by atoms with Crippen molar-refractivity contribution in [3.05, 3.63) is 53.3 Å². The van der Waals surface area contributed by atoms with E-state index in [0.717, 1.165) is 5.75 Å². The second kappa shape index (κ2) is 5.51. The van der Waals surface area contributed by atoms with Crippen LogP contribution in [-0.2, 0) is 0 Å². The molecule has 0 fully saturated rings. The molecule has 0 spiro atoms. The van der Waals surface area contributed by atoms with E-state index in [1.807, 2.05) is 0 Å². The number of halogens is 1. The number of hydrogen-bond donors (Lipinski definition) is 1. The van der Waals surface area contributed by atoms with Crippen molar-refractivity contribution in [1.82, 2.24) is 4.98 Å². The lowest BCUT2D eigenvalue weighted by molar-refractivity contribution is 0.102. The molecule has 0 bridgehead atoms. The summed E-state index contributed by atoms with van der Waals surface area (Å²) in [4.78, 5) is 15.8. The van der Waals surface area contributed by atoms with Crippen molar-refractivity contribution >= 4 is 23.2 Å². The number of ether oxygens (including phenoxy) is 1. The summed E-state index contributed by atoms with van der Waals surface area (Å²) in [6.07, 6.45) is 2.96. The van der Waals surface area contributed by atoms with Gasteiger partial charge in [-0.05, 0) is 30.3 Å². The summed E-state index contributed by atoms with van der Waals surface area (Å²) >= 11 is 5.89. The largest absolute Gasteiger partial charge is 0.497 e. The Labute approximate surface area is 110 Å². The van der Waals surface area contributed by atoms with Crippen LogP contribution < -0.4 is 10.1 Å². The minimum atomic E-state index is -0.271. The number of pyridine rings is 1. The number of rotatable bonds is 3. The van der Waals surface area contributed by atoms with E-state index >= 15 is 0 Å². The molecule has 0 aliphatic heterocycles. The molecule has 1 aromatic carbocycles. The van der Waals surface area contributed by atoms with Crippen LogP contribution in [0.3, 0.4) is 0 Å². The van der Waals surface area contributed by atoms with E-state index in [-0.39, 0.29) is 5.91 Å². The minimum absolute atomic E-state index is 0.271. The number of amides is 1. The number of hydrogen-bond acceptors (Lipinski definition) is 3. The molecular formula is C13H11ClN2O2. The highest BCUT2D eigenvalue weighted by Crippen LogP contribution is 2.18. The van der Waals surface area contributed by atoms with Crippen LogP contribution >= 0.6 is 11.6 Å². The maximum absolute atomic E-state index is 11.9. The number of methoxy groups -OCH3 is 1. The molecule has 4 nitrogen and oxygen atoms in total. The van der Waals surface area contributed by atoms with Gasteiger partial charge in [-0.1, -0.05) is 11.6 Å². The first-order valence-corrected chi connectivity index (χ1v) is 5.63. The SMILES string of the molecule is COc1ccc(NC(=O)c2ccncc2Cl)cc1. The summed E-state index contributed by atoms with van der Waals surface area (Å²) in [5.41, 5.74) is 1.07. The van der Waals surface area contributed by atoms with Crippen LogP contribution in [0.4, 0.5) is 5.69 Å². The molecule has 0 aliphatic rings. The molecule has 18 heavy (non-hydrogen) atoms. The molecule has 1 heterocycles. The lowest BCUT2D eigenvalue weighted by Gasteiger charge is -2.07. The number of carbonyl (C=O) groups is 1. The Bertz CT molecular complexity index is 555. The monoisotopic (exact) mass is 262 g/mol. The summed E-state index contributed by atoms with van der Waals surface area (Å²) in [6, 6.07) is 8.62. The van der Waals surface area contributed by atoms with Crippen molar-refractivity contribution < 1.29 is 9.53 Å². The van der Waals surface area contributed by atoms with Gasteiger partial charge in [0.15, 0.2) is 0 Å². The summed E-state index contributed by atoms with van der Waals surface area (Å²) in [5, 5.41) is 3.07. The number of benzene rings is 1. The highest BCUT2D eigenvalue weighted by molar-refractivity contribution is 6.34. The third-order valence-electron chi connectivity index (χ3n) is 2.36. The number of nitrogens with zero attached hydrogens (tertiary/aromatic N) is 1. The van der Waals surface area contributed by atoms with Gasteiger partial charge in [-0.25, -0.2) is 0 Å². The van der Waals surface area contributed by atoms with Gasteiger partial charge >= 0.3 is 0 Å². The fourth-order valence-corrected chi connectivity index (χ4v) is 1.64. The van der Waals surface area contributed by atoms with Gasteiger partial charge in [-0.3, -0.25) is 9.78 Å². The molecule has 0 saturated carbocycles. The average Bonchev–Trinajstić information content (AvgIpc) is 2.40. The van der Waals surface area contributed by atoms with E-state index in [1.54, 1.807) is 37.4 Å². The maximum Gasteiger partial charge on any atom is 0.257 e. The Hall–Kier alpha value is -2.07. The van der Waals surface area contributed by atoms with E-state index in [4.69, 9.17) is 16.3 Å². The topological polar surface area (TPSA) is 51.2 Å². The minimum Gasteiger partial charge on any atom is -0.497 e. The van der Waals surface area contributed by atoms with Crippen LogP contribution in [0.5, 0.6) is 5.75 Å². The van der Waals surface area contributed by atoms with Crippen LogP contribution in [0.25, 0.3) is 0 Å². The van der Waals surface area contributed by atoms with Gasteiger partial charge in [-0.2, -0.15) is 0 Å². The molecule has 1 N–H and O–H groups in total. The number of carbonyl (C=O) groups excluding carboxylic acids is 1. The maximum atomic E-state index is 11.9. The third kappa shape index (κ3) is 2.78. The van der Waals surface area contributed by atoms with Gasteiger partial charge in [0.25, 0.3) is 5.91 Å². The van der Waals surface area contributed by atoms with Crippen LogP contribution in [0, 0.1) is 0 Å². The highest BCUT2D eigenvalue weighted by Gasteiger charge is 2.09. The van der Waals surface area contributed by atoms with Crippen molar-refractivity contribution in [1.29, 1.82) is 0 Å². The zero-order valence-electron chi connectivity index (χ0n) is 9.68. The Morgan fingerprint density at radius 1 is 1.28 bits per heavy atom. The Balaban J connectivity index is 2.14. The van der Waals surface area contributed by atoms with Crippen LogP contribution in [0.15, 0.2) is 42.7 Å². The fraction of sp³-hybridized carbons (Fsp3) is 0.0769. The third-order valence-corrected chi connectivity index (χ3v) is 2.67. The number of anilines is 1. The first kappa shape index (κ1) is 12.4. The molecular weight excluding hydrogens is 252 g/mol. The van der Waals surface area contributed by atoms with Crippen LogP contribution in [0.1, 0.15) is 10.4 Å². The molecule has 0 radical (unpaired) electrons. The van der Waals surface area contributed by atoms with Crippen molar-refractivity contribution in [3.8, 4) is 5.75 Å². The number of aromatic nitrogens is 1. The zero-order valence-corrected chi connectivity index (χ0v) is 10.4. The standard InChI is InChI=1S/C13H11ClN2O2/c1-18-10-4-2-9(3-5-10)16-13(17)11-6-7-15-8-12(11)14/h2-8H,1H3,(H,16,17). The molecule has 2 aromatic rings. The van der Waals surface area contributed by atoms with E-state index in [2.05, 4.69) is 10.3 Å². The van der Waals surface area contributed by atoms with Crippen molar-refractivity contribution in [2.24, 2.45) is 0 Å². The molecule has 1 amide bonds. The average molecular weight is 263 g/mol. The zero-order chi connectivity index (χ0) is 13.0. The normalized spacial score (nSPS) is 9.89. The highest BCUT2D eigenvalue weighted by atomic mass is 35.5. The first-order valence-electron chi connectivity index (χ1n) is 5.25. The molecule has 0 saturated heterocycles. The summed E-state index contributed by atoms with van der Waals surface area (Å²) < 4.78 is 5.04. The van der Waals surface area contributed by atoms with Gasteiger partial charge in [0.2, 0.25) is 0 Å². The van der Waals surface area contributed by atoms with Gasteiger partial charge in [0, 0.05) is 18.1 Å². The number of nitrogens with one attached hydrogen (secondary N) is 1. The van der Waals surface area contributed by atoms with E-state index < -0.39 is 0 Å². The molecule has 0 unspecified atom stereocenters. The second-order valence-electron chi connectivity index (χ2n) is 3.54. The Morgan fingerprint density at radius 2 is 2.00 bits per heavy atom. The molecule has 5 heteroatoms. The molecule has 1 aromatic heterocycles. The first-order chi connectivity index (χ1) is 8.70. The van der Waals surface area contributed by atoms with Crippen molar-refractivity contribution in [2.75, 3.05) is 12.4 Å².